The van der Waals surface area contributed by atoms with E-state index < -0.39 is 6.10 Å². The number of nitrogens with zero attached hydrogens (tertiary/aromatic N) is 1. The van der Waals surface area contributed by atoms with Gasteiger partial charge in [0.25, 0.3) is 0 Å². The molecular formula is C21H27NO4. The molecule has 2 aromatic carbocycles. The molecule has 0 aliphatic heterocycles. The molecule has 0 bridgehead atoms. The van der Waals surface area contributed by atoms with Gasteiger partial charge in [-0.1, -0.05) is 30.3 Å². The van der Waals surface area contributed by atoms with Crippen molar-refractivity contribution in [3.05, 3.63) is 54.1 Å². The average Bonchev–Trinajstić information content (AvgIpc) is 3.51. The molecule has 2 aromatic rings. The number of para-hydroxylation sites is 2. The topological polar surface area (TPSA) is 51.2 Å². The standard InChI is InChI=1S/C21H27NO4/c1-24-20-10-6-7-16(21(20)25-2)13-22(17-11-12-17)14-18(23)15-26-19-8-4-3-5-9-19/h3-10,17-18,23H,11-15H2,1-2H3/t18-/m0/s1. The van der Waals surface area contributed by atoms with Gasteiger partial charge in [-0.25, -0.2) is 0 Å². The van der Waals surface area contributed by atoms with E-state index in [9.17, 15) is 5.11 Å². The Morgan fingerprint density at radius 1 is 1.04 bits per heavy atom. The summed E-state index contributed by atoms with van der Waals surface area (Å²) < 4.78 is 16.6. The van der Waals surface area contributed by atoms with E-state index in [0.29, 0.717) is 19.1 Å². The Labute approximate surface area is 155 Å². The molecule has 26 heavy (non-hydrogen) atoms. The second-order valence-corrected chi connectivity index (χ2v) is 6.59. The van der Waals surface area contributed by atoms with Crippen LogP contribution in [0.15, 0.2) is 48.5 Å². The first kappa shape index (κ1) is 18.5. The molecule has 0 saturated heterocycles. The predicted molar refractivity (Wildman–Crippen MR) is 101 cm³/mol. The summed E-state index contributed by atoms with van der Waals surface area (Å²) in [6.07, 6.45) is 1.78. The predicted octanol–water partition coefficient (Wildman–Crippen LogP) is 3.11. The number of aliphatic hydroxyl groups is 1. The van der Waals surface area contributed by atoms with Gasteiger partial charge in [0.15, 0.2) is 11.5 Å². The van der Waals surface area contributed by atoms with E-state index in [2.05, 4.69) is 4.90 Å². The highest BCUT2D eigenvalue weighted by molar-refractivity contribution is 5.46. The first-order chi connectivity index (χ1) is 12.7. The molecular weight excluding hydrogens is 330 g/mol. The van der Waals surface area contributed by atoms with Crippen molar-refractivity contribution in [2.75, 3.05) is 27.4 Å². The molecule has 1 saturated carbocycles. The minimum absolute atomic E-state index is 0.280. The van der Waals surface area contributed by atoms with Crippen LogP contribution in [0.5, 0.6) is 17.2 Å². The van der Waals surface area contributed by atoms with E-state index in [4.69, 9.17) is 14.2 Å². The van der Waals surface area contributed by atoms with Crippen molar-refractivity contribution in [3.63, 3.8) is 0 Å². The quantitative estimate of drug-likeness (QED) is 0.708. The average molecular weight is 357 g/mol. The lowest BCUT2D eigenvalue weighted by Crippen LogP contribution is -2.36. The van der Waals surface area contributed by atoms with Crippen LogP contribution in [-0.2, 0) is 6.54 Å². The molecule has 0 heterocycles. The molecule has 5 nitrogen and oxygen atoms in total. The lowest BCUT2D eigenvalue weighted by atomic mass is 10.1. The van der Waals surface area contributed by atoms with E-state index in [-0.39, 0.29) is 6.61 Å². The molecule has 1 fully saturated rings. The number of ether oxygens (including phenoxy) is 3. The normalized spacial score (nSPS) is 14.9. The summed E-state index contributed by atoms with van der Waals surface area (Å²) in [7, 11) is 3.30. The van der Waals surface area contributed by atoms with Gasteiger partial charge in [-0.3, -0.25) is 4.90 Å². The van der Waals surface area contributed by atoms with E-state index in [1.54, 1.807) is 14.2 Å². The third-order valence-corrected chi connectivity index (χ3v) is 4.55. The van der Waals surface area contributed by atoms with Crippen LogP contribution in [0.1, 0.15) is 18.4 Å². The van der Waals surface area contributed by atoms with Gasteiger partial charge in [0.2, 0.25) is 0 Å². The second kappa shape index (κ2) is 8.92. The monoisotopic (exact) mass is 357 g/mol. The van der Waals surface area contributed by atoms with Crippen molar-refractivity contribution < 1.29 is 19.3 Å². The summed E-state index contributed by atoms with van der Waals surface area (Å²) in [5.74, 6) is 2.27. The van der Waals surface area contributed by atoms with Crippen LogP contribution in [-0.4, -0.2) is 49.5 Å². The largest absolute Gasteiger partial charge is 0.493 e. The van der Waals surface area contributed by atoms with Gasteiger partial charge in [0, 0.05) is 24.7 Å². The third-order valence-electron chi connectivity index (χ3n) is 4.55. The van der Waals surface area contributed by atoms with Crippen LogP contribution in [0, 0.1) is 0 Å². The summed E-state index contributed by atoms with van der Waals surface area (Å²) in [5.41, 5.74) is 1.06. The van der Waals surface area contributed by atoms with Gasteiger partial charge in [-0.15, -0.1) is 0 Å². The molecule has 1 aliphatic rings. The summed E-state index contributed by atoms with van der Waals surface area (Å²) in [6.45, 7) is 1.56. The molecule has 140 valence electrons. The molecule has 3 rings (SSSR count). The van der Waals surface area contributed by atoms with Gasteiger partial charge >= 0.3 is 0 Å². The van der Waals surface area contributed by atoms with Crippen LogP contribution >= 0.6 is 0 Å². The highest BCUT2D eigenvalue weighted by Gasteiger charge is 2.31. The van der Waals surface area contributed by atoms with Crippen LogP contribution < -0.4 is 14.2 Å². The zero-order valence-electron chi connectivity index (χ0n) is 15.4. The van der Waals surface area contributed by atoms with Crippen molar-refractivity contribution in [3.8, 4) is 17.2 Å². The smallest absolute Gasteiger partial charge is 0.165 e. The van der Waals surface area contributed by atoms with E-state index in [0.717, 1.165) is 22.8 Å². The first-order valence-corrected chi connectivity index (χ1v) is 9.01. The molecule has 0 aromatic heterocycles. The molecule has 5 heteroatoms. The van der Waals surface area contributed by atoms with Crippen molar-refractivity contribution in [1.82, 2.24) is 4.90 Å². The van der Waals surface area contributed by atoms with Gasteiger partial charge in [0.1, 0.15) is 18.5 Å². The summed E-state index contributed by atoms with van der Waals surface area (Å²) in [4.78, 5) is 2.30. The summed E-state index contributed by atoms with van der Waals surface area (Å²) in [6, 6.07) is 16.0. The Morgan fingerprint density at radius 3 is 2.46 bits per heavy atom. The van der Waals surface area contributed by atoms with Crippen LogP contribution in [0.3, 0.4) is 0 Å². The SMILES string of the molecule is COc1cccc(CN(C[C@H](O)COc2ccccc2)C2CC2)c1OC. The zero-order valence-corrected chi connectivity index (χ0v) is 15.4. The molecule has 0 radical (unpaired) electrons. The number of hydrogen-bond donors (Lipinski definition) is 1. The van der Waals surface area contributed by atoms with Crippen molar-refractivity contribution in [2.45, 2.75) is 31.5 Å². The van der Waals surface area contributed by atoms with Gasteiger partial charge < -0.3 is 19.3 Å². The highest BCUT2D eigenvalue weighted by Crippen LogP contribution is 2.34. The highest BCUT2D eigenvalue weighted by atomic mass is 16.5. The number of methoxy groups -OCH3 is 2. The number of aliphatic hydroxyl groups excluding tert-OH is 1. The summed E-state index contributed by atoms with van der Waals surface area (Å²) in [5, 5.41) is 10.4. The van der Waals surface area contributed by atoms with Crippen molar-refractivity contribution in [2.24, 2.45) is 0 Å². The van der Waals surface area contributed by atoms with E-state index in [1.807, 2.05) is 48.5 Å². The lowest BCUT2D eigenvalue weighted by Gasteiger charge is -2.26. The fourth-order valence-electron chi connectivity index (χ4n) is 3.11. The Kier molecular flexibility index (Phi) is 6.36. The first-order valence-electron chi connectivity index (χ1n) is 9.01. The Hall–Kier alpha value is -2.24. The van der Waals surface area contributed by atoms with Crippen molar-refractivity contribution in [1.29, 1.82) is 0 Å². The van der Waals surface area contributed by atoms with E-state index >= 15 is 0 Å². The lowest BCUT2D eigenvalue weighted by molar-refractivity contribution is 0.0623. The second-order valence-electron chi connectivity index (χ2n) is 6.59. The Morgan fingerprint density at radius 2 is 1.81 bits per heavy atom. The maximum Gasteiger partial charge on any atom is 0.165 e. The minimum Gasteiger partial charge on any atom is -0.493 e. The minimum atomic E-state index is -0.549. The fourth-order valence-corrected chi connectivity index (χ4v) is 3.11. The summed E-state index contributed by atoms with van der Waals surface area (Å²) >= 11 is 0. The van der Waals surface area contributed by atoms with E-state index in [1.165, 1.54) is 12.8 Å². The molecule has 0 unspecified atom stereocenters. The van der Waals surface area contributed by atoms with Crippen LogP contribution in [0.4, 0.5) is 0 Å². The molecule has 0 amide bonds. The third kappa shape index (κ3) is 4.90. The van der Waals surface area contributed by atoms with Gasteiger partial charge in [-0.05, 0) is 31.0 Å². The zero-order chi connectivity index (χ0) is 18.4. The van der Waals surface area contributed by atoms with Gasteiger partial charge in [0.05, 0.1) is 14.2 Å². The molecule has 0 spiro atoms. The van der Waals surface area contributed by atoms with Crippen LogP contribution in [0.25, 0.3) is 0 Å². The van der Waals surface area contributed by atoms with Gasteiger partial charge in [-0.2, -0.15) is 0 Å². The molecule has 1 aliphatic carbocycles. The molecule has 1 atom stereocenters. The molecule has 1 N–H and O–H groups in total. The number of benzene rings is 2. The number of hydrogen-bond acceptors (Lipinski definition) is 5. The maximum absolute atomic E-state index is 10.4. The number of rotatable bonds is 10. The fraction of sp³-hybridized carbons (Fsp3) is 0.429. The van der Waals surface area contributed by atoms with Crippen molar-refractivity contribution >= 4 is 0 Å². The maximum atomic E-state index is 10.4. The van der Waals surface area contributed by atoms with Crippen LogP contribution in [0.2, 0.25) is 0 Å². The Bertz CT molecular complexity index is 688. The Balaban J connectivity index is 1.61.